The van der Waals surface area contributed by atoms with Crippen LogP contribution in [0.2, 0.25) is 0 Å². The van der Waals surface area contributed by atoms with Crippen molar-refractivity contribution in [1.82, 2.24) is 15.3 Å². The van der Waals surface area contributed by atoms with Gasteiger partial charge in [0.05, 0.1) is 17.9 Å². The number of hydrogen-bond acceptors (Lipinski definition) is 5. The van der Waals surface area contributed by atoms with Crippen LogP contribution < -0.4 is 20.9 Å². The summed E-state index contributed by atoms with van der Waals surface area (Å²) in [6.07, 6.45) is 2.38. The highest BCUT2D eigenvalue weighted by Crippen LogP contribution is 2.31. The predicted octanol–water partition coefficient (Wildman–Crippen LogP) is 4.04. The van der Waals surface area contributed by atoms with Crippen LogP contribution in [0.15, 0.2) is 53.3 Å². The molecule has 0 saturated carbocycles. The molecule has 3 rings (SSSR count). The van der Waals surface area contributed by atoms with Crippen LogP contribution in [0.4, 0.5) is 5.69 Å². The molecule has 3 N–H and O–H groups in total. The predicted molar refractivity (Wildman–Crippen MR) is 141 cm³/mol. The Balaban J connectivity index is 1.96. The van der Waals surface area contributed by atoms with Gasteiger partial charge in [0.15, 0.2) is 0 Å². The largest absolute Gasteiger partial charge is 0.493 e. The normalized spacial score (nSPS) is 11.6. The summed E-state index contributed by atoms with van der Waals surface area (Å²) in [7, 11) is 0. The lowest BCUT2D eigenvalue weighted by molar-refractivity contribution is -0.125. The first kappa shape index (κ1) is 26.7. The van der Waals surface area contributed by atoms with Crippen LogP contribution in [-0.4, -0.2) is 34.4 Å². The van der Waals surface area contributed by atoms with Gasteiger partial charge in [-0.25, -0.2) is 4.98 Å². The molecule has 2 amide bonds. The number of nitrogens with one attached hydrogen (secondary N) is 3. The molecule has 1 aromatic heterocycles. The van der Waals surface area contributed by atoms with E-state index in [1.165, 1.54) is 6.92 Å². The average Bonchev–Trinajstić information content (AvgIpc) is 2.87. The molecule has 0 fully saturated rings. The van der Waals surface area contributed by atoms with Gasteiger partial charge in [-0.3, -0.25) is 14.4 Å². The fourth-order valence-electron chi connectivity index (χ4n) is 3.99. The lowest BCUT2D eigenvalue weighted by atomic mass is 10.0. The Labute approximate surface area is 211 Å². The smallest absolute Gasteiger partial charge is 0.254 e. The van der Waals surface area contributed by atoms with Gasteiger partial charge in [0, 0.05) is 24.6 Å². The number of carbonyl (C=O) groups is 2. The molecule has 0 bridgehead atoms. The number of H-pyrrole nitrogens is 1. The molecule has 8 heteroatoms. The zero-order chi connectivity index (χ0) is 26.1. The van der Waals surface area contributed by atoms with Crippen molar-refractivity contribution in [3.05, 3.63) is 75.7 Å². The fraction of sp³-hybridized carbons (Fsp3) is 0.357. The number of aromatic amines is 1. The number of rotatable bonds is 11. The Kier molecular flexibility index (Phi) is 9.39. The molecule has 0 spiro atoms. The highest BCUT2D eigenvalue weighted by molar-refractivity contribution is 5.97. The van der Waals surface area contributed by atoms with Gasteiger partial charge in [0.25, 0.3) is 5.56 Å². The number of amides is 2. The Morgan fingerprint density at radius 2 is 1.81 bits per heavy atom. The zero-order valence-electron chi connectivity index (χ0n) is 21.3. The third-order valence-electron chi connectivity index (χ3n) is 5.73. The molecule has 1 atom stereocenters. The van der Waals surface area contributed by atoms with Crippen molar-refractivity contribution in [2.24, 2.45) is 0 Å². The minimum Gasteiger partial charge on any atom is -0.493 e. The van der Waals surface area contributed by atoms with Crippen LogP contribution in [-0.2, 0) is 28.9 Å². The Morgan fingerprint density at radius 1 is 1.06 bits per heavy atom. The maximum atomic E-state index is 13.2. The van der Waals surface area contributed by atoms with Crippen LogP contribution in [0.1, 0.15) is 50.9 Å². The van der Waals surface area contributed by atoms with E-state index in [1.807, 2.05) is 51.1 Å². The number of ether oxygens (including phenoxy) is 1. The average molecular weight is 491 g/mol. The molecule has 1 heterocycles. The first-order valence-electron chi connectivity index (χ1n) is 12.4. The van der Waals surface area contributed by atoms with Crippen molar-refractivity contribution in [3.8, 4) is 17.1 Å². The first-order valence-corrected chi connectivity index (χ1v) is 12.4. The molecule has 2 aromatic carbocycles. The van der Waals surface area contributed by atoms with E-state index in [-0.39, 0.29) is 17.4 Å². The van der Waals surface area contributed by atoms with Crippen LogP contribution in [0.5, 0.6) is 5.75 Å². The van der Waals surface area contributed by atoms with E-state index < -0.39 is 6.04 Å². The highest BCUT2D eigenvalue weighted by atomic mass is 16.5. The lowest BCUT2D eigenvalue weighted by Gasteiger charge is -2.19. The Hall–Kier alpha value is -3.94. The van der Waals surface area contributed by atoms with Gasteiger partial charge in [-0.05, 0) is 43.0 Å². The van der Waals surface area contributed by atoms with Gasteiger partial charge in [-0.1, -0.05) is 51.1 Å². The first-order chi connectivity index (χ1) is 17.4. The van der Waals surface area contributed by atoms with Gasteiger partial charge in [0.1, 0.15) is 17.6 Å². The van der Waals surface area contributed by atoms with Gasteiger partial charge in [-0.15, -0.1) is 0 Å². The number of nitrogens with zero attached hydrogens (tertiary/aromatic N) is 1. The SMILES string of the molecule is CCCOc1ccc(NC(=O)C(Cc2ccccc2)NC(C)=O)cc1-c1nc(CC)c(CC)c(=O)[nH]1. The van der Waals surface area contributed by atoms with Crippen molar-refractivity contribution in [1.29, 1.82) is 0 Å². The van der Waals surface area contributed by atoms with E-state index in [9.17, 15) is 14.4 Å². The maximum Gasteiger partial charge on any atom is 0.254 e. The summed E-state index contributed by atoms with van der Waals surface area (Å²) in [6.45, 7) is 7.78. The summed E-state index contributed by atoms with van der Waals surface area (Å²) >= 11 is 0. The summed E-state index contributed by atoms with van der Waals surface area (Å²) < 4.78 is 5.92. The molecule has 0 aliphatic rings. The quantitative estimate of drug-likeness (QED) is 0.376. The molecule has 8 nitrogen and oxygen atoms in total. The number of hydrogen-bond donors (Lipinski definition) is 3. The second-order valence-electron chi connectivity index (χ2n) is 8.54. The summed E-state index contributed by atoms with van der Waals surface area (Å²) in [5, 5.41) is 5.63. The van der Waals surface area contributed by atoms with E-state index in [4.69, 9.17) is 9.72 Å². The van der Waals surface area contributed by atoms with Crippen LogP contribution in [0, 0.1) is 0 Å². The van der Waals surface area contributed by atoms with E-state index in [0.29, 0.717) is 54.3 Å². The molecule has 0 aliphatic heterocycles. The lowest BCUT2D eigenvalue weighted by Crippen LogP contribution is -2.44. The number of aryl methyl sites for hydroxylation is 1. The van der Waals surface area contributed by atoms with Gasteiger partial charge < -0.3 is 20.4 Å². The Bertz CT molecular complexity index is 1250. The molecule has 0 saturated heterocycles. The molecule has 0 radical (unpaired) electrons. The van der Waals surface area contributed by atoms with Crippen molar-refractivity contribution in [2.75, 3.05) is 11.9 Å². The number of aromatic nitrogens is 2. The van der Waals surface area contributed by atoms with Gasteiger partial charge >= 0.3 is 0 Å². The number of benzene rings is 2. The summed E-state index contributed by atoms with van der Waals surface area (Å²) in [5.74, 6) is 0.310. The van der Waals surface area contributed by atoms with Crippen LogP contribution in [0.3, 0.4) is 0 Å². The Morgan fingerprint density at radius 3 is 2.44 bits per heavy atom. The molecule has 36 heavy (non-hydrogen) atoms. The van der Waals surface area contributed by atoms with Gasteiger partial charge in [0.2, 0.25) is 11.8 Å². The van der Waals surface area contributed by atoms with E-state index in [1.54, 1.807) is 18.2 Å². The molecular weight excluding hydrogens is 456 g/mol. The van der Waals surface area contributed by atoms with Crippen molar-refractivity contribution >= 4 is 17.5 Å². The third-order valence-corrected chi connectivity index (χ3v) is 5.73. The third kappa shape index (κ3) is 6.81. The summed E-state index contributed by atoms with van der Waals surface area (Å²) in [4.78, 5) is 45.3. The highest BCUT2D eigenvalue weighted by Gasteiger charge is 2.21. The van der Waals surface area contributed by atoms with Crippen molar-refractivity contribution in [3.63, 3.8) is 0 Å². The molecule has 190 valence electrons. The van der Waals surface area contributed by atoms with Crippen LogP contribution in [0.25, 0.3) is 11.4 Å². The zero-order valence-corrected chi connectivity index (χ0v) is 21.3. The minimum absolute atomic E-state index is 0.177. The molecular formula is C28H34N4O4. The number of anilines is 1. The standard InChI is InChI=1S/C28H34N4O4/c1-5-15-36-25-14-13-20(17-22(25)26-31-23(7-3)21(6-2)27(34)32-26)30-28(35)24(29-18(4)33)16-19-11-9-8-10-12-19/h8-14,17,24H,5-7,15-16H2,1-4H3,(H,29,33)(H,30,35)(H,31,32,34). The summed E-state index contributed by atoms with van der Waals surface area (Å²) in [6, 6.07) is 14.0. The minimum atomic E-state index is -0.752. The molecule has 0 aliphatic carbocycles. The monoisotopic (exact) mass is 490 g/mol. The topological polar surface area (TPSA) is 113 Å². The molecule has 3 aromatic rings. The van der Waals surface area contributed by atoms with E-state index in [0.717, 1.165) is 17.7 Å². The van der Waals surface area contributed by atoms with Crippen molar-refractivity contribution < 1.29 is 14.3 Å². The van der Waals surface area contributed by atoms with Gasteiger partial charge in [-0.2, -0.15) is 0 Å². The maximum absolute atomic E-state index is 13.2. The second kappa shape index (κ2) is 12.7. The van der Waals surface area contributed by atoms with Crippen molar-refractivity contribution in [2.45, 2.75) is 59.4 Å². The van der Waals surface area contributed by atoms with Crippen LogP contribution >= 0.6 is 0 Å². The number of carbonyl (C=O) groups excluding carboxylic acids is 2. The second-order valence-corrected chi connectivity index (χ2v) is 8.54. The van der Waals surface area contributed by atoms with E-state index >= 15 is 0 Å². The summed E-state index contributed by atoms with van der Waals surface area (Å²) in [5.41, 5.74) is 3.24. The van der Waals surface area contributed by atoms with E-state index in [2.05, 4.69) is 15.6 Å². The molecule has 1 unspecified atom stereocenters. The fourth-order valence-corrected chi connectivity index (χ4v) is 3.99.